The van der Waals surface area contributed by atoms with Gasteiger partial charge in [-0.1, -0.05) is 0 Å². The molecule has 1 aliphatic rings. The van der Waals surface area contributed by atoms with E-state index in [1.807, 2.05) is 0 Å². The van der Waals surface area contributed by atoms with Crippen LogP contribution in [0, 0.1) is 5.92 Å². The van der Waals surface area contributed by atoms with Gasteiger partial charge in [-0.05, 0) is 25.2 Å². The molecule has 2 heterocycles. The lowest BCUT2D eigenvalue weighted by Crippen LogP contribution is -2.36. The molecule has 1 aromatic rings. The third kappa shape index (κ3) is 3.22. The first-order valence-corrected chi connectivity index (χ1v) is 6.54. The van der Waals surface area contributed by atoms with E-state index >= 15 is 0 Å². The average molecular weight is 256 g/mol. The Morgan fingerprint density at radius 2 is 2.41 bits per heavy atom. The number of piperidine rings is 1. The summed E-state index contributed by atoms with van der Waals surface area (Å²) in [5.41, 5.74) is 0. The maximum atomic E-state index is 5.81. The Morgan fingerprint density at radius 3 is 3.18 bits per heavy atom. The van der Waals surface area contributed by atoms with Crippen LogP contribution in [0.5, 0.6) is 5.88 Å². The largest absolute Gasteiger partial charge is 0.480 e. The summed E-state index contributed by atoms with van der Waals surface area (Å²) in [6.45, 7) is 2.06. The number of methoxy groups -OCH3 is 1. The summed E-state index contributed by atoms with van der Waals surface area (Å²) in [6, 6.07) is 0. The van der Waals surface area contributed by atoms with Gasteiger partial charge in [-0.25, -0.2) is 0 Å². The van der Waals surface area contributed by atoms with E-state index in [9.17, 15) is 0 Å². The molecule has 5 heteroatoms. The number of rotatable bonds is 4. The molecule has 2 rings (SSSR count). The van der Waals surface area contributed by atoms with Crippen LogP contribution in [0.25, 0.3) is 0 Å². The minimum absolute atomic E-state index is 0.571. The van der Waals surface area contributed by atoms with Crippen LogP contribution < -0.4 is 9.64 Å². The highest BCUT2D eigenvalue weighted by atomic mass is 35.5. The fraction of sp³-hybridized carbons (Fsp3) is 0.667. The molecule has 1 aliphatic heterocycles. The normalized spacial score (nSPS) is 20.4. The predicted molar refractivity (Wildman–Crippen MR) is 68.9 cm³/mol. The average Bonchev–Trinajstić information content (AvgIpc) is 2.40. The third-order valence-electron chi connectivity index (χ3n) is 3.17. The number of halogens is 1. The van der Waals surface area contributed by atoms with Crippen LogP contribution in [0.2, 0.25) is 0 Å². The maximum Gasteiger partial charge on any atom is 0.233 e. The third-order valence-corrected chi connectivity index (χ3v) is 3.39. The topological polar surface area (TPSA) is 38.2 Å². The van der Waals surface area contributed by atoms with Crippen molar-refractivity contribution in [3.8, 4) is 5.88 Å². The molecule has 4 nitrogen and oxygen atoms in total. The second-order valence-corrected chi connectivity index (χ2v) is 4.73. The summed E-state index contributed by atoms with van der Waals surface area (Å²) in [5, 5.41) is 0. The Balaban J connectivity index is 2.05. The summed E-state index contributed by atoms with van der Waals surface area (Å²) in [5.74, 6) is 2.89. The minimum atomic E-state index is 0.571. The summed E-state index contributed by atoms with van der Waals surface area (Å²) < 4.78 is 5.10. The number of alkyl halides is 1. The molecular weight excluding hydrogens is 238 g/mol. The van der Waals surface area contributed by atoms with Gasteiger partial charge in [-0.2, -0.15) is 4.98 Å². The van der Waals surface area contributed by atoms with Crippen LogP contribution in [0.1, 0.15) is 19.3 Å². The molecule has 0 spiro atoms. The number of ether oxygens (including phenoxy) is 1. The van der Waals surface area contributed by atoms with Crippen molar-refractivity contribution in [2.24, 2.45) is 5.92 Å². The van der Waals surface area contributed by atoms with Crippen LogP contribution in [0.4, 0.5) is 5.82 Å². The van der Waals surface area contributed by atoms with Crippen LogP contribution >= 0.6 is 11.6 Å². The molecule has 94 valence electrons. The van der Waals surface area contributed by atoms with Crippen molar-refractivity contribution in [3.63, 3.8) is 0 Å². The fourth-order valence-electron chi connectivity index (χ4n) is 2.25. The molecule has 0 bridgehead atoms. The van der Waals surface area contributed by atoms with Crippen LogP contribution in [-0.4, -0.2) is 36.0 Å². The molecule has 17 heavy (non-hydrogen) atoms. The Labute approximate surface area is 107 Å². The molecule has 0 saturated carbocycles. The van der Waals surface area contributed by atoms with Crippen molar-refractivity contribution in [3.05, 3.63) is 12.4 Å². The first-order valence-electron chi connectivity index (χ1n) is 6.00. The van der Waals surface area contributed by atoms with Gasteiger partial charge < -0.3 is 9.64 Å². The lowest BCUT2D eigenvalue weighted by molar-refractivity contribution is 0.387. The minimum Gasteiger partial charge on any atom is -0.480 e. The van der Waals surface area contributed by atoms with Crippen LogP contribution in [0.15, 0.2) is 12.4 Å². The first-order chi connectivity index (χ1) is 8.33. The molecule has 0 N–H and O–H groups in total. The second kappa shape index (κ2) is 6.05. The quantitative estimate of drug-likeness (QED) is 0.774. The summed E-state index contributed by atoms with van der Waals surface area (Å²) >= 11 is 5.81. The maximum absolute atomic E-state index is 5.81. The Morgan fingerprint density at radius 1 is 1.53 bits per heavy atom. The molecule has 0 amide bonds. The van der Waals surface area contributed by atoms with Gasteiger partial charge in [-0.15, -0.1) is 11.6 Å². The van der Waals surface area contributed by atoms with E-state index < -0.39 is 0 Å². The van der Waals surface area contributed by atoms with Crippen molar-refractivity contribution >= 4 is 17.4 Å². The second-order valence-electron chi connectivity index (χ2n) is 4.35. The highest BCUT2D eigenvalue weighted by Crippen LogP contribution is 2.24. The van der Waals surface area contributed by atoms with E-state index in [1.165, 1.54) is 12.8 Å². The van der Waals surface area contributed by atoms with Crippen molar-refractivity contribution in [1.82, 2.24) is 9.97 Å². The monoisotopic (exact) mass is 255 g/mol. The highest BCUT2D eigenvalue weighted by Gasteiger charge is 2.20. The van der Waals surface area contributed by atoms with Gasteiger partial charge in [0.25, 0.3) is 0 Å². The zero-order chi connectivity index (χ0) is 12.1. The lowest BCUT2D eigenvalue weighted by atomic mass is 9.96. The van der Waals surface area contributed by atoms with E-state index in [-0.39, 0.29) is 0 Å². The Hall–Kier alpha value is -1.03. The van der Waals surface area contributed by atoms with Gasteiger partial charge in [-0.3, -0.25) is 4.98 Å². The summed E-state index contributed by atoms with van der Waals surface area (Å²) in [6.07, 6.45) is 6.96. The lowest BCUT2D eigenvalue weighted by Gasteiger charge is -2.33. The Kier molecular flexibility index (Phi) is 4.42. The van der Waals surface area contributed by atoms with Gasteiger partial charge in [0.2, 0.25) is 5.88 Å². The zero-order valence-corrected chi connectivity index (χ0v) is 10.9. The highest BCUT2D eigenvalue weighted by molar-refractivity contribution is 6.17. The first kappa shape index (κ1) is 12.4. The molecule has 0 radical (unpaired) electrons. The molecule has 0 aliphatic carbocycles. The van der Waals surface area contributed by atoms with E-state index in [0.717, 1.165) is 31.2 Å². The number of anilines is 1. The molecule has 1 atom stereocenters. The van der Waals surface area contributed by atoms with Crippen LogP contribution in [0.3, 0.4) is 0 Å². The van der Waals surface area contributed by atoms with Crippen molar-refractivity contribution < 1.29 is 4.74 Å². The molecule has 1 fully saturated rings. The SMILES string of the molecule is COc1cncc(N2CCCC(CCCl)C2)n1. The Bertz CT molecular complexity index is 359. The smallest absolute Gasteiger partial charge is 0.233 e. The van der Waals surface area contributed by atoms with E-state index in [0.29, 0.717) is 11.8 Å². The van der Waals surface area contributed by atoms with Gasteiger partial charge >= 0.3 is 0 Å². The molecule has 1 saturated heterocycles. The molecular formula is C12H18ClN3O. The van der Waals surface area contributed by atoms with Gasteiger partial charge in [0, 0.05) is 19.0 Å². The van der Waals surface area contributed by atoms with E-state index in [4.69, 9.17) is 16.3 Å². The van der Waals surface area contributed by atoms with Gasteiger partial charge in [0.1, 0.15) is 0 Å². The predicted octanol–water partition coefficient (Wildman–Crippen LogP) is 2.33. The molecule has 1 unspecified atom stereocenters. The number of hydrogen-bond acceptors (Lipinski definition) is 4. The van der Waals surface area contributed by atoms with Crippen LogP contribution in [-0.2, 0) is 0 Å². The van der Waals surface area contributed by atoms with Crippen molar-refractivity contribution in [2.75, 3.05) is 31.0 Å². The van der Waals surface area contributed by atoms with Gasteiger partial charge in [0.15, 0.2) is 5.82 Å². The molecule has 1 aromatic heterocycles. The summed E-state index contributed by atoms with van der Waals surface area (Å²) in [7, 11) is 1.61. The van der Waals surface area contributed by atoms with E-state index in [1.54, 1.807) is 19.5 Å². The zero-order valence-electron chi connectivity index (χ0n) is 10.1. The van der Waals surface area contributed by atoms with Gasteiger partial charge in [0.05, 0.1) is 19.5 Å². The standard InChI is InChI=1S/C12H18ClN3O/c1-17-12-8-14-7-11(15-12)16-6-2-3-10(9-16)4-5-13/h7-8,10H,2-6,9H2,1H3. The van der Waals surface area contributed by atoms with Crippen molar-refractivity contribution in [1.29, 1.82) is 0 Å². The summed E-state index contributed by atoms with van der Waals surface area (Å²) in [4.78, 5) is 10.8. The molecule has 0 aromatic carbocycles. The van der Waals surface area contributed by atoms with Crippen molar-refractivity contribution in [2.45, 2.75) is 19.3 Å². The number of hydrogen-bond donors (Lipinski definition) is 0. The number of aromatic nitrogens is 2. The number of nitrogens with zero attached hydrogens (tertiary/aromatic N) is 3. The van der Waals surface area contributed by atoms with E-state index in [2.05, 4.69) is 14.9 Å². The fourth-order valence-corrected chi connectivity index (χ4v) is 2.56.